The minimum Gasteiger partial charge on any atom is -0.469 e. The van der Waals surface area contributed by atoms with Crippen LogP contribution in [0.4, 0.5) is 13.6 Å². The third kappa shape index (κ3) is 9.47. The van der Waals surface area contributed by atoms with Crippen LogP contribution in [0.25, 0.3) is 44.5 Å². The average Bonchev–Trinajstić information content (AvgIpc) is 1.77. The van der Waals surface area contributed by atoms with E-state index < -0.39 is 53.8 Å². The summed E-state index contributed by atoms with van der Waals surface area (Å²) in [4.78, 5) is 98.0. The van der Waals surface area contributed by atoms with E-state index in [-0.39, 0.29) is 96.8 Å². The minimum absolute atomic E-state index is 0.0282. The number of imidazole rings is 2. The number of alkyl carbamates (subject to hydrolysis) is 1. The number of nitrogens with zero attached hydrogens (tertiary/aromatic N) is 6. The Morgan fingerprint density at radius 1 is 0.723 bits per heavy atom. The van der Waals surface area contributed by atoms with Crippen LogP contribution in [0.2, 0.25) is 10.0 Å². The summed E-state index contributed by atoms with van der Waals surface area (Å²) in [5, 5.41) is 3.07. The van der Waals surface area contributed by atoms with Crippen molar-refractivity contribution >= 4 is 69.9 Å². The van der Waals surface area contributed by atoms with Gasteiger partial charge in [0.2, 0.25) is 11.8 Å². The lowest BCUT2D eigenvalue weighted by molar-refractivity contribution is -0.150. The lowest BCUT2D eigenvalue weighted by Crippen LogP contribution is -2.51. The van der Waals surface area contributed by atoms with Gasteiger partial charge >= 0.3 is 12.1 Å². The highest BCUT2D eigenvalue weighted by molar-refractivity contribution is 6.34. The normalized spacial score (nSPS) is 20.4. The molecular weight excluding hydrogens is 1100 g/mol. The fourth-order valence-electron chi connectivity index (χ4n) is 13.4. The Kier molecular flexibility index (Phi) is 14.2. The summed E-state index contributed by atoms with van der Waals surface area (Å²) < 4.78 is 47.8. The van der Waals surface area contributed by atoms with Crippen LogP contribution in [0, 0.1) is 29.1 Å². The number of carbonyl (C=O) groups excluding carboxylic acids is 6. The van der Waals surface area contributed by atoms with Gasteiger partial charge < -0.3 is 24.6 Å². The van der Waals surface area contributed by atoms with Crippen molar-refractivity contribution in [3.8, 4) is 33.5 Å². The van der Waals surface area contributed by atoms with Crippen LogP contribution < -0.4 is 5.32 Å². The van der Waals surface area contributed by atoms with E-state index in [4.69, 9.17) is 42.6 Å². The van der Waals surface area contributed by atoms with E-state index in [0.717, 1.165) is 25.7 Å². The number of likely N-dealkylation sites (tertiary alicyclic amines) is 2. The van der Waals surface area contributed by atoms with Gasteiger partial charge in [-0.05, 0) is 132 Å². The first-order valence-electron chi connectivity index (χ1n) is 28.1. The molecule has 6 atom stereocenters. The largest absolute Gasteiger partial charge is 0.469 e. The first kappa shape index (κ1) is 55.8. The second-order valence-corrected chi connectivity index (χ2v) is 24.4. The Morgan fingerprint density at radius 3 is 1.95 bits per heavy atom. The topological polar surface area (TPSA) is 175 Å². The molecule has 5 aliphatic rings. The molecule has 2 aromatic heterocycles. The molecule has 19 heteroatoms. The molecule has 7 aromatic rings. The Hall–Kier alpha value is -7.76. The molecule has 5 aromatic carbocycles. The lowest BCUT2D eigenvalue weighted by Gasteiger charge is -2.38. The van der Waals surface area contributed by atoms with Crippen LogP contribution in [-0.4, -0.2) is 97.4 Å². The molecule has 83 heavy (non-hydrogen) atoms. The molecule has 2 aliphatic heterocycles. The van der Waals surface area contributed by atoms with Crippen molar-refractivity contribution in [2.45, 2.75) is 103 Å². The number of methoxy groups -OCH3 is 2. The zero-order chi connectivity index (χ0) is 58.6. The molecule has 1 spiro atoms. The van der Waals surface area contributed by atoms with E-state index >= 15 is 18.4 Å². The number of piperidine rings is 1. The van der Waals surface area contributed by atoms with Gasteiger partial charge in [-0.3, -0.25) is 33.1 Å². The van der Waals surface area contributed by atoms with Gasteiger partial charge in [-0.25, -0.2) is 14.8 Å². The quantitative estimate of drug-likeness (QED) is 0.109. The summed E-state index contributed by atoms with van der Waals surface area (Å²) in [7, 11) is 2.52. The number of nitrogens with one attached hydrogen (secondary N) is 1. The van der Waals surface area contributed by atoms with E-state index in [1.54, 1.807) is 95.9 Å². The standard InChI is InChI=1S/C64H61Cl2F2N7O8/c1-33(2)44(29-53(76)82-5)60(79)73-39-19-15-38(25-39)55(73)57-70-49-22-18-36(28-50(49)74(57)58(77)42-11-7-9-13-47(42)65)35-16-20-40-41-21-17-37(27-46(41)64(67,68)45(40)26-35)52-31-69-56(75(52)59(78)43-12-8-10-14-48(43)66)51-30-63(23-24-63)32-72(51)61(80)54(34(3)4)71-62(81)83-6/h7-14,16-18,20-22,26-28,31,33-34,38-39,44,51,54-55H,15,19,23-25,29-30,32H2,1-6H3,(H,71,81)/t38-,39+,44?,51?,54-,55?/m0/s1. The second kappa shape index (κ2) is 21.1. The Balaban J connectivity index is 0.923. The molecule has 15 nitrogen and oxygen atoms in total. The van der Waals surface area contributed by atoms with Crippen molar-refractivity contribution in [2.24, 2.45) is 29.1 Å². The van der Waals surface area contributed by atoms with Gasteiger partial charge in [-0.15, -0.1) is 0 Å². The summed E-state index contributed by atoms with van der Waals surface area (Å²) in [5.74, 6) is -6.27. The highest BCUT2D eigenvalue weighted by Gasteiger charge is 2.57. The zero-order valence-corrected chi connectivity index (χ0v) is 48.1. The van der Waals surface area contributed by atoms with Gasteiger partial charge in [0.25, 0.3) is 17.7 Å². The maximum absolute atomic E-state index is 17.5. The number of aromatic nitrogens is 4. The molecule has 12 rings (SSSR count). The number of alkyl halides is 2. The highest BCUT2D eigenvalue weighted by atomic mass is 35.5. The third-order valence-corrected chi connectivity index (χ3v) is 18.7. The van der Waals surface area contributed by atoms with E-state index in [2.05, 4.69) is 5.32 Å². The predicted molar refractivity (Wildman–Crippen MR) is 308 cm³/mol. The summed E-state index contributed by atoms with van der Waals surface area (Å²) in [6.07, 6.45) is 5.08. The number of hydrogen-bond donors (Lipinski definition) is 1. The number of carbonyl (C=O) groups is 6. The molecule has 2 saturated heterocycles. The number of amides is 3. The van der Waals surface area contributed by atoms with Crippen molar-refractivity contribution < 1.29 is 47.0 Å². The maximum Gasteiger partial charge on any atom is 0.407 e. The lowest BCUT2D eigenvalue weighted by atomic mass is 9.89. The fourth-order valence-corrected chi connectivity index (χ4v) is 13.8. The molecular formula is C64H61Cl2F2N7O8. The molecule has 3 unspecified atom stereocenters. The van der Waals surface area contributed by atoms with Gasteiger partial charge in [-0.1, -0.05) is 105 Å². The minimum atomic E-state index is -3.54. The molecule has 2 saturated carbocycles. The summed E-state index contributed by atoms with van der Waals surface area (Å²) in [5.41, 5.74) is 2.51. The number of halogens is 4. The van der Waals surface area contributed by atoms with E-state index in [1.807, 2.05) is 32.6 Å². The number of benzene rings is 5. The van der Waals surface area contributed by atoms with Crippen LogP contribution in [0.1, 0.15) is 128 Å². The van der Waals surface area contributed by atoms with Gasteiger partial charge in [0.05, 0.1) is 82.7 Å². The van der Waals surface area contributed by atoms with E-state index in [0.29, 0.717) is 58.5 Å². The van der Waals surface area contributed by atoms with Crippen molar-refractivity contribution in [1.82, 2.24) is 34.2 Å². The molecule has 3 aliphatic carbocycles. The van der Waals surface area contributed by atoms with Gasteiger partial charge in [0.15, 0.2) is 0 Å². The van der Waals surface area contributed by atoms with Crippen molar-refractivity contribution in [2.75, 3.05) is 20.8 Å². The monoisotopic (exact) mass is 1160 g/mol. The number of esters is 1. The summed E-state index contributed by atoms with van der Waals surface area (Å²) >= 11 is 13.4. The summed E-state index contributed by atoms with van der Waals surface area (Å²) in [6.45, 7) is 7.80. The molecule has 0 radical (unpaired) electrons. The first-order chi connectivity index (χ1) is 39.7. The number of hydrogen-bond acceptors (Lipinski definition) is 10. The van der Waals surface area contributed by atoms with Crippen LogP contribution in [-0.2, 0) is 29.8 Å². The van der Waals surface area contributed by atoms with E-state index in [1.165, 1.54) is 41.7 Å². The SMILES string of the molecule is COC(=O)CC(C(=O)N1C(c2nc3ccc(-c4ccc5c(c4)C(F)(F)c4cc(-c6cnc(C7CC8(CC8)CN7C(=O)[C@@H](NC(=O)OC)C(C)C)n6C(=O)c6ccccc6Cl)ccc4-5)cc3n2C(=O)c2ccccc2Cl)[C@H]2CC[C@@H]1C2)C(C)C. The molecule has 1 N–H and O–H groups in total. The summed E-state index contributed by atoms with van der Waals surface area (Å²) in [6, 6.07) is 25.6. The number of rotatable bonds is 13. The van der Waals surface area contributed by atoms with Crippen LogP contribution in [0.15, 0.2) is 109 Å². The van der Waals surface area contributed by atoms with Crippen molar-refractivity contribution in [3.63, 3.8) is 0 Å². The van der Waals surface area contributed by atoms with Gasteiger partial charge in [0.1, 0.15) is 17.7 Å². The molecule has 2 bridgehead atoms. The highest BCUT2D eigenvalue weighted by Crippen LogP contribution is 2.59. The average molecular weight is 1170 g/mol. The smallest absolute Gasteiger partial charge is 0.407 e. The predicted octanol–water partition coefficient (Wildman–Crippen LogP) is 12.7. The van der Waals surface area contributed by atoms with Crippen molar-refractivity contribution in [1.29, 1.82) is 0 Å². The van der Waals surface area contributed by atoms with Gasteiger partial charge in [-0.2, -0.15) is 8.78 Å². The third-order valence-electron chi connectivity index (χ3n) is 18.0. The fraction of sp³-hybridized carbons (Fsp3) is 0.375. The second-order valence-electron chi connectivity index (χ2n) is 23.6. The Morgan fingerprint density at radius 2 is 1.34 bits per heavy atom. The molecule has 4 heterocycles. The van der Waals surface area contributed by atoms with Gasteiger partial charge in [0, 0.05) is 29.3 Å². The molecule has 4 fully saturated rings. The zero-order valence-electron chi connectivity index (χ0n) is 46.6. The van der Waals surface area contributed by atoms with Crippen LogP contribution in [0.5, 0.6) is 0 Å². The maximum atomic E-state index is 17.5. The molecule has 428 valence electrons. The number of ether oxygens (including phenoxy) is 2. The van der Waals surface area contributed by atoms with Crippen LogP contribution >= 0.6 is 23.2 Å². The van der Waals surface area contributed by atoms with E-state index in [9.17, 15) is 19.2 Å². The number of fused-ring (bicyclic) bond motifs is 6. The first-order valence-corrected chi connectivity index (χ1v) is 28.9. The Bertz CT molecular complexity index is 3850. The molecule has 3 amide bonds. The van der Waals surface area contributed by atoms with Crippen LogP contribution in [0.3, 0.4) is 0 Å². The van der Waals surface area contributed by atoms with Crippen molar-refractivity contribution in [3.05, 3.63) is 153 Å². The Labute approximate surface area is 488 Å².